The third-order valence-electron chi connectivity index (χ3n) is 2.54. The zero-order valence-corrected chi connectivity index (χ0v) is 14.2. The van der Waals surface area contributed by atoms with E-state index in [1.54, 1.807) is 0 Å². The predicted octanol–water partition coefficient (Wildman–Crippen LogP) is 4.40. The van der Waals surface area contributed by atoms with Crippen molar-refractivity contribution in [1.29, 1.82) is 0 Å². The first-order chi connectivity index (χ1) is 10.3. The van der Waals surface area contributed by atoms with Crippen LogP contribution in [0.2, 0.25) is 0 Å². The van der Waals surface area contributed by atoms with Crippen molar-refractivity contribution in [2.24, 2.45) is 0 Å². The maximum Gasteiger partial charge on any atom is 0.407 e. The van der Waals surface area contributed by atoms with Crippen molar-refractivity contribution in [3.63, 3.8) is 0 Å². The van der Waals surface area contributed by atoms with E-state index < -0.39 is 5.60 Å². The molecule has 0 aromatic heterocycles. The van der Waals surface area contributed by atoms with Crippen molar-refractivity contribution < 1.29 is 14.3 Å². The van der Waals surface area contributed by atoms with Gasteiger partial charge < -0.3 is 14.8 Å². The molecule has 0 saturated carbocycles. The minimum absolute atomic E-state index is 0.181. The van der Waals surface area contributed by atoms with Crippen LogP contribution in [0.3, 0.4) is 0 Å². The Morgan fingerprint density at radius 3 is 2.41 bits per heavy atom. The van der Waals surface area contributed by atoms with Crippen molar-refractivity contribution in [1.82, 2.24) is 5.32 Å². The quantitative estimate of drug-likeness (QED) is 0.792. The molecule has 0 radical (unpaired) electrons. The van der Waals surface area contributed by atoms with E-state index in [4.69, 9.17) is 9.47 Å². The SMILES string of the molecule is CC(C)Oc1ccc(C=CCCNC(=O)OC(C)(C)C)cc1. The van der Waals surface area contributed by atoms with E-state index in [1.165, 1.54) is 0 Å². The van der Waals surface area contributed by atoms with Gasteiger partial charge in [-0.2, -0.15) is 0 Å². The minimum atomic E-state index is -0.459. The summed E-state index contributed by atoms with van der Waals surface area (Å²) < 4.78 is 10.8. The lowest BCUT2D eigenvalue weighted by Crippen LogP contribution is -2.32. The Labute approximate surface area is 133 Å². The molecule has 22 heavy (non-hydrogen) atoms. The van der Waals surface area contributed by atoms with Gasteiger partial charge in [-0.05, 0) is 58.7 Å². The Hall–Kier alpha value is -1.97. The van der Waals surface area contributed by atoms with E-state index in [0.717, 1.165) is 17.7 Å². The number of ether oxygens (including phenoxy) is 2. The molecule has 0 bridgehead atoms. The molecule has 4 heteroatoms. The van der Waals surface area contributed by atoms with Crippen LogP contribution < -0.4 is 10.1 Å². The number of rotatable bonds is 6. The molecule has 4 nitrogen and oxygen atoms in total. The van der Waals surface area contributed by atoms with Gasteiger partial charge in [0.1, 0.15) is 11.4 Å². The van der Waals surface area contributed by atoms with Gasteiger partial charge in [-0.15, -0.1) is 0 Å². The van der Waals surface area contributed by atoms with Gasteiger partial charge in [0, 0.05) is 6.54 Å². The molecular weight excluding hydrogens is 278 g/mol. The van der Waals surface area contributed by atoms with Gasteiger partial charge in [-0.3, -0.25) is 0 Å². The third kappa shape index (κ3) is 8.35. The van der Waals surface area contributed by atoms with Crippen LogP contribution >= 0.6 is 0 Å². The summed E-state index contributed by atoms with van der Waals surface area (Å²) in [4.78, 5) is 11.4. The van der Waals surface area contributed by atoms with Crippen molar-refractivity contribution in [3.05, 3.63) is 35.9 Å². The molecule has 1 N–H and O–H groups in total. The van der Waals surface area contributed by atoms with Crippen molar-refractivity contribution in [3.8, 4) is 5.75 Å². The summed E-state index contributed by atoms with van der Waals surface area (Å²) in [5.41, 5.74) is 0.646. The molecule has 1 aromatic carbocycles. The molecule has 0 aliphatic rings. The van der Waals surface area contributed by atoms with Crippen LogP contribution in [0.1, 0.15) is 46.6 Å². The van der Waals surface area contributed by atoms with Crippen LogP contribution in [0.15, 0.2) is 30.3 Å². The Balaban J connectivity index is 2.30. The smallest absolute Gasteiger partial charge is 0.407 e. The maximum atomic E-state index is 11.4. The summed E-state index contributed by atoms with van der Waals surface area (Å²) >= 11 is 0. The third-order valence-corrected chi connectivity index (χ3v) is 2.54. The maximum absolute atomic E-state index is 11.4. The molecule has 0 aliphatic carbocycles. The van der Waals surface area contributed by atoms with Crippen LogP contribution in [-0.2, 0) is 4.74 Å². The van der Waals surface area contributed by atoms with Crippen molar-refractivity contribution in [2.75, 3.05) is 6.54 Å². The van der Waals surface area contributed by atoms with E-state index in [-0.39, 0.29) is 12.2 Å². The summed E-state index contributed by atoms with van der Waals surface area (Å²) in [5, 5.41) is 2.72. The zero-order chi connectivity index (χ0) is 16.6. The van der Waals surface area contributed by atoms with Gasteiger partial charge in [0.2, 0.25) is 0 Å². The number of hydrogen-bond donors (Lipinski definition) is 1. The van der Waals surface area contributed by atoms with E-state index >= 15 is 0 Å². The number of nitrogens with one attached hydrogen (secondary N) is 1. The van der Waals surface area contributed by atoms with Gasteiger partial charge in [0.05, 0.1) is 6.10 Å². The summed E-state index contributed by atoms with van der Waals surface area (Å²) in [7, 11) is 0. The first-order valence-corrected chi connectivity index (χ1v) is 7.66. The number of carbonyl (C=O) groups is 1. The summed E-state index contributed by atoms with van der Waals surface area (Å²) in [6.07, 6.45) is 4.60. The van der Waals surface area contributed by atoms with Crippen LogP contribution in [0.5, 0.6) is 5.75 Å². The zero-order valence-electron chi connectivity index (χ0n) is 14.2. The fourth-order valence-corrected chi connectivity index (χ4v) is 1.72. The molecule has 122 valence electrons. The molecule has 0 aliphatic heterocycles. The highest BCUT2D eigenvalue weighted by Crippen LogP contribution is 2.14. The topological polar surface area (TPSA) is 47.6 Å². The lowest BCUT2D eigenvalue weighted by Gasteiger charge is -2.19. The largest absolute Gasteiger partial charge is 0.491 e. The van der Waals surface area contributed by atoms with E-state index in [0.29, 0.717) is 6.54 Å². The van der Waals surface area contributed by atoms with E-state index in [9.17, 15) is 4.79 Å². The lowest BCUT2D eigenvalue weighted by atomic mass is 10.2. The number of amides is 1. The molecule has 0 heterocycles. The highest BCUT2D eigenvalue weighted by atomic mass is 16.6. The minimum Gasteiger partial charge on any atom is -0.491 e. The molecule has 0 spiro atoms. The summed E-state index contributed by atoms with van der Waals surface area (Å²) in [6, 6.07) is 7.93. The van der Waals surface area contributed by atoms with Crippen LogP contribution in [-0.4, -0.2) is 24.3 Å². The van der Waals surface area contributed by atoms with Gasteiger partial charge in [-0.1, -0.05) is 24.3 Å². The molecule has 1 rings (SSSR count). The van der Waals surface area contributed by atoms with E-state index in [1.807, 2.05) is 71.0 Å². The number of alkyl carbamates (subject to hydrolysis) is 1. The van der Waals surface area contributed by atoms with E-state index in [2.05, 4.69) is 5.32 Å². The molecule has 0 atom stereocenters. The monoisotopic (exact) mass is 305 g/mol. The average molecular weight is 305 g/mol. The van der Waals surface area contributed by atoms with Gasteiger partial charge in [-0.25, -0.2) is 4.79 Å². The first kappa shape index (κ1) is 18.1. The van der Waals surface area contributed by atoms with Gasteiger partial charge in [0.25, 0.3) is 0 Å². The Kier molecular flexibility index (Phi) is 6.96. The number of benzene rings is 1. The molecule has 0 fully saturated rings. The van der Waals surface area contributed by atoms with Gasteiger partial charge >= 0.3 is 6.09 Å². The fourth-order valence-electron chi connectivity index (χ4n) is 1.72. The Morgan fingerprint density at radius 2 is 1.86 bits per heavy atom. The standard InChI is InChI=1S/C18H27NO3/c1-14(2)21-16-11-9-15(10-12-16)8-6-7-13-19-17(20)22-18(3,4)5/h6,8-12,14H,7,13H2,1-5H3,(H,19,20). The Morgan fingerprint density at radius 1 is 1.23 bits per heavy atom. The molecule has 0 unspecified atom stereocenters. The highest BCUT2D eigenvalue weighted by Gasteiger charge is 2.15. The second-order valence-electron chi connectivity index (χ2n) is 6.36. The van der Waals surface area contributed by atoms with Crippen LogP contribution in [0, 0.1) is 0 Å². The van der Waals surface area contributed by atoms with Crippen molar-refractivity contribution >= 4 is 12.2 Å². The van der Waals surface area contributed by atoms with Crippen LogP contribution in [0.4, 0.5) is 4.79 Å². The lowest BCUT2D eigenvalue weighted by molar-refractivity contribution is 0.0529. The number of carbonyl (C=O) groups excluding carboxylic acids is 1. The first-order valence-electron chi connectivity index (χ1n) is 7.66. The molecule has 1 amide bonds. The number of hydrogen-bond acceptors (Lipinski definition) is 3. The second kappa shape index (κ2) is 8.47. The summed E-state index contributed by atoms with van der Waals surface area (Å²) in [6.45, 7) is 10.1. The molecule has 0 saturated heterocycles. The highest BCUT2D eigenvalue weighted by molar-refractivity contribution is 5.67. The molecule has 1 aromatic rings. The fraction of sp³-hybridized carbons (Fsp3) is 0.500. The van der Waals surface area contributed by atoms with Crippen molar-refractivity contribution in [2.45, 2.75) is 52.7 Å². The molecular formula is C18H27NO3. The Bertz CT molecular complexity index is 484. The average Bonchev–Trinajstić information content (AvgIpc) is 2.37. The summed E-state index contributed by atoms with van der Waals surface area (Å²) in [5.74, 6) is 0.874. The second-order valence-corrected chi connectivity index (χ2v) is 6.36. The predicted molar refractivity (Wildman–Crippen MR) is 90.1 cm³/mol. The normalized spacial score (nSPS) is 11.7. The van der Waals surface area contributed by atoms with Gasteiger partial charge in [0.15, 0.2) is 0 Å². The van der Waals surface area contributed by atoms with Crippen LogP contribution in [0.25, 0.3) is 6.08 Å².